The Morgan fingerprint density at radius 2 is 2.11 bits per heavy atom. The second-order valence-electron chi connectivity index (χ2n) is 3.62. The quantitative estimate of drug-likeness (QED) is 0.577. The maximum Gasteiger partial charge on any atom is 0.282 e. The van der Waals surface area contributed by atoms with Gasteiger partial charge < -0.3 is 4.98 Å². The number of aromatic amines is 2. The van der Waals surface area contributed by atoms with Gasteiger partial charge in [0.15, 0.2) is 5.69 Å². The van der Waals surface area contributed by atoms with Gasteiger partial charge in [0, 0.05) is 0 Å². The highest BCUT2D eigenvalue weighted by Crippen LogP contribution is 2.06. The number of hydrogen-bond donors (Lipinski definition) is 3. The van der Waals surface area contributed by atoms with Gasteiger partial charge in [-0.1, -0.05) is 17.2 Å². The molecule has 3 N–H and O–H groups in total. The highest BCUT2D eigenvalue weighted by atomic mass is 16.2. The van der Waals surface area contributed by atoms with Crippen molar-refractivity contribution < 1.29 is 4.79 Å². The van der Waals surface area contributed by atoms with Crippen LogP contribution in [-0.2, 0) is 0 Å². The van der Waals surface area contributed by atoms with Crippen LogP contribution in [0.4, 0.5) is 5.95 Å². The monoisotopic (exact) mass is 257 g/mol. The second kappa shape index (κ2) is 4.29. The SMILES string of the molecule is O=C(Nc1nn[nH]n1)c1nc2ccccc2[nH]c1=O. The van der Waals surface area contributed by atoms with Crippen molar-refractivity contribution in [3.63, 3.8) is 0 Å². The van der Waals surface area contributed by atoms with Crippen LogP contribution in [0.2, 0.25) is 0 Å². The summed E-state index contributed by atoms with van der Waals surface area (Å²) in [5.41, 5.74) is 0.229. The number of benzene rings is 1. The van der Waals surface area contributed by atoms with Crippen LogP contribution in [0.1, 0.15) is 10.5 Å². The van der Waals surface area contributed by atoms with Crippen molar-refractivity contribution in [3.8, 4) is 0 Å². The first-order valence-electron chi connectivity index (χ1n) is 5.28. The molecule has 0 aliphatic rings. The third-order valence-electron chi connectivity index (χ3n) is 2.39. The van der Waals surface area contributed by atoms with Gasteiger partial charge in [0.05, 0.1) is 11.0 Å². The Bertz CT molecular complexity index is 793. The number of para-hydroxylation sites is 2. The summed E-state index contributed by atoms with van der Waals surface area (Å²) in [5, 5.41) is 14.9. The summed E-state index contributed by atoms with van der Waals surface area (Å²) in [4.78, 5) is 30.2. The lowest BCUT2D eigenvalue weighted by molar-refractivity contribution is 0.102. The van der Waals surface area contributed by atoms with Crippen molar-refractivity contribution in [3.05, 3.63) is 40.3 Å². The molecular formula is C10H7N7O2. The fourth-order valence-electron chi connectivity index (χ4n) is 1.56. The average Bonchev–Trinajstić information content (AvgIpc) is 2.90. The Morgan fingerprint density at radius 1 is 1.26 bits per heavy atom. The number of nitrogens with one attached hydrogen (secondary N) is 3. The molecule has 0 aliphatic heterocycles. The van der Waals surface area contributed by atoms with Crippen LogP contribution in [0.15, 0.2) is 29.1 Å². The van der Waals surface area contributed by atoms with Gasteiger partial charge in [-0.3, -0.25) is 14.9 Å². The highest BCUT2D eigenvalue weighted by Gasteiger charge is 2.15. The van der Waals surface area contributed by atoms with Gasteiger partial charge in [-0.2, -0.15) is 5.21 Å². The lowest BCUT2D eigenvalue weighted by Gasteiger charge is -2.01. The van der Waals surface area contributed by atoms with E-state index < -0.39 is 11.5 Å². The molecule has 0 fully saturated rings. The Labute approximate surface area is 105 Å². The van der Waals surface area contributed by atoms with Gasteiger partial charge in [-0.05, 0) is 17.3 Å². The maximum atomic E-state index is 11.9. The summed E-state index contributed by atoms with van der Waals surface area (Å²) >= 11 is 0. The Hall–Kier alpha value is -3.10. The summed E-state index contributed by atoms with van der Waals surface area (Å²) in [6.45, 7) is 0. The molecule has 1 amide bonds. The second-order valence-corrected chi connectivity index (χ2v) is 3.62. The molecule has 0 radical (unpaired) electrons. The van der Waals surface area contributed by atoms with Gasteiger partial charge in [0.2, 0.25) is 0 Å². The molecule has 0 atom stereocenters. The summed E-state index contributed by atoms with van der Waals surface area (Å²) < 4.78 is 0. The predicted octanol–water partition coefficient (Wildman–Crippen LogP) is -0.312. The molecule has 9 nitrogen and oxygen atoms in total. The van der Waals surface area contributed by atoms with Crippen molar-refractivity contribution >= 4 is 22.9 Å². The number of hydrogen-bond acceptors (Lipinski definition) is 6. The molecular weight excluding hydrogens is 250 g/mol. The van der Waals surface area contributed by atoms with E-state index in [4.69, 9.17) is 0 Å². The number of rotatable bonds is 2. The van der Waals surface area contributed by atoms with E-state index >= 15 is 0 Å². The van der Waals surface area contributed by atoms with Crippen molar-refractivity contribution in [2.45, 2.75) is 0 Å². The van der Waals surface area contributed by atoms with Crippen LogP contribution in [0.3, 0.4) is 0 Å². The normalized spacial score (nSPS) is 10.5. The summed E-state index contributed by atoms with van der Waals surface area (Å²) in [6, 6.07) is 6.91. The number of aromatic nitrogens is 6. The van der Waals surface area contributed by atoms with Crippen LogP contribution >= 0.6 is 0 Å². The van der Waals surface area contributed by atoms with Gasteiger partial charge in [0.1, 0.15) is 0 Å². The molecule has 9 heteroatoms. The van der Waals surface area contributed by atoms with E-state index in [0.717, 1.165) is 0 Å². The zero-order chi connectivity index (χ0) is 13.2. The van der Waals surface area contributed by atoms with Gasteiger partial charge in [0.25, 0.3) is 17.4 Å². The first-order chi connectivity index (χ1) is 9.24. The number of anilines is 1. The first-order valence-corrected chi connectivity index (χ1v) is 5.28. The van der Waals surface area contributed by atoms with Crippen LogP contribution in [0, 0.1) is 0 Å². The smallest absolute Gasteiger partial charge is 0.282 e. The fraction of sp³-hybridized carbons (Fsp3) is 0. The third-order valence-corrected chi connectivity index (χ3v) is 2.39. The standard InChI is InChI=1S/C10H7N7O2/c18-8-7(9(19)13-10-14-16-17-15-10)11-5-3-1-2-4-6(5)12-8/h1-4H,(H,12,18)(H2,13,14,15,16,17,19). The first kappa shape index (κ1) is 11.0. The predicted molar refractivity (Wildman–Crippen MR) is 64.5 cm³/mol. The maximum absolute atomic E-state index is 11.9. The molecule has 0 aliphatic carbocycles. The van der Waals surface area contributed by atoms with Gasteiger partial charge in [-0.25, -0.2) is 4.98 Å². The van der Waals surface area contributed by atoms with Gasteiger partial charge in [-0.15, -0.1) is 5.10 Å². The molecule has 0 spiro atoms. The Kier molecular flexibility index (Phi) is 2.49. The third kappa shape index (κ3) is 2.04. The minimum atomic E-state index is -0.701. The number of carbonyl (C=O) groups excluding carboxylic acids is 1. The van der Waals surface area contributed by atoms with E-state index in [1.807, 2.05) is 0 Å². The number of tetrazole rings is 1. The largest absolute Gasteiger partial charge is 0.319 e. The number of fused-ring (bicyclic) bond motifs is 1. The topological polar surface area (TPSA) is 129 Å². The molecule has 94 valence electrons. The lowest BCUT2D eigenvalue weighted by Crippen LogP contribution is -2.25. The summed E-state index contributed by atoms with van der Waals surface area (Å²) in [5.74, 6) is -0.729. The van der Waals surface area contributed by atoms with E-state index in [1.165, 1.54) is 0 Å². The number of carbonyl (C=O) groups is 1. The van der Waals surface area contributed by atoms with E-state index in [1.54, 1.807) is 24.3 Å². The molecule has 0 bridgehead atoms. The number of amides is 1. The minimum absolute atomic E-state index is 0.0284. The lowest BCUT2D eigenvalue weighted by atomic mass is 10.3. The van der Waals surface area contributed by atoms with Crippen molar-refractivity contribution in [1.29, 1.82) is 0 Å². The Morgan fingerprint density at radius 3 is 2.89 bits per heavy atom. The van der Waals surface area contributed by atoms with Crippen LogP contribution in [-0.4, -0.2) is 36.5 Å². The molecule has 19 heavy (non-hydrogen) atoms. The van der Waals surface area contributed by atoms with E-state index in [2.05, 4.69) is 35.9 Å². The number of nitrogens with zero attached hydrogens (tertiary/aromatic N) is 4. The summed E-state index contributed by atoms with van der Waals surface area (Å²) in [6.07, 6.45) is 0. The highest BCUT2D eigenvalue weighted by molar-refractivity contribution is 6.02. The van der Waals surface area contributed by atoms with E-state index in [0.29, 0.717) is 11.0 Å². The van der Waals surface area contributed by atoms with Crippen LogP contribution in [0.5, 0.6) is 0 Å². The fourth-order valence-corrected chi connectivity index (χ4v) is 1.56. The van der Waals surface area contributed by atoms with Crippen molar-refractivity contribution in [2.75, 3.05) is 5.32 Å². The molecule has 0 saturated carbocycles. The molecule has 0 saturated heterocycles. The molecule has 3 rings (SSSR count). The zero-order valence-electron chi connectivity index (χ0n) is 9.41. The van der Waals surface area contributed by atoms with Crippen LogP contribution < -0.4 is 10.9 Å². The van der Waals surface area contributed by atoms with Crippen LogP contribution in [0.25, 0.3) is 11.0 Å². The van der Waals surface area contributed by atoms with E-state index in [9.17, 15) is 9.59 Å². The molecule has 1 aromatic carbocycles. The molecule has 0 unspecified atom stereocenters. The van der Waals surface area contributed by atoms with Gasteiger partial charge >= 0.3 is 0 Å². The van der Waals surface area contributed by atoms with Crippen molar-refractivity contribution in [1.82, 2.24) is 30.6 Å². The Balaban J connectivity index is 2.02. The number of H-pyrrole nitrogens is 2. The summed E-state index contributed by atoms with van der Waals surface area (Å²) in [7, 11) is 0. The molecule has 2 heterocycles. The van der Waals surface area contributed by atoms with Crippen molar-refractivity contribution in [2.24, 2.45) is 0 Å². The zero-order valence-corrected chi connectivity index (χ0v) is 9.41. The minimum Gasteiger partial charge on any atom is -0.319 e. The average molecular weight is 257 g/mol. The molecule has 3 aromatic rings. The van der Waals surface area contributed by atoms with E-state index in [-0.39, 0.29) is 11.6 Å². The molecule has 2 aromatic heterocycles.